The minimum absolute atomic E-state index is 0. The fraction of sp³-hybridized carbons (Fsp3) is 0.163. The first-order valence-electron chi connectivity index (χ1n) is 48.8. The molecule has 0 amide bonds. The predicted molar refractivity (Wildman–Crippen MR) is 590 cm³/mol. The molecule has 0 N–H and O–H groups in total. The Bertz CT molecular complexity index is 8570. The standard InChI is InChI=1S/C129H106N12.3Zn/c1-75-27-29-78(30-28-75)115-93-55-51-89(130-93)113(76-23-19-17-20-24-76)90-52-56-94(131-90)116(79-31-41-84(42-32-79)125(2,3)4)98-60-68-106(135-98)121(105-67-59-97(115)134-105)123-109-71-63-101(138-109)119(82-37-47-87(48-38-82)128(11,12)13)103-65-73-111(140-103)124(112-74-66-104(141-112)120(102-64-72-110(123)139-102)83-39-49-88(50-40-83)129(14,15)16)122-107-69-61-99(136-107)117(80-33-43-85(44-34-80)126(5,6)7)95-57-53-91(132-95)114(77-25-21-18-22-26-77)92-54-58-96(133-92)118(100-62-70-108(122)137-100)81-35-45-86(46-36-81)127(8,9)10;;;/h17-74H,1-16H3;;;/q-6;3*+2. The number of benzene rings is 8. The van der Waals surface area contributed by atoms with Crippen LogP contribution in [0.2, 0.25) is 0 Å². The Morgan fingerprint density at radius 2 is 0.271 bits per heavy atom. The third-order valence-corrected chi connectivity index (χ3v) is 28.0. The number of aryl methyl sites for hydroxylation is 1. The first-order chi connectivity index (χ1) is 67.9. The van der Waals surface area contributed by atoms with Crippen molar-refractivity contribution in [1.82, 2.24) is 59.8 Å². The molecule has 0 fully saturated rings. The van der Waals surface area contributed by atoms with Gasteiger partial charge in [-0.1, -0.05) is 388 Å². The molecule has 0 saturated heterocycles. The molecule has 23 rings (SSSR count). The van der Waals surface area contributed by atoms with Gasteiger partial charge in [-0.15, -0.1) is 66.2 Å². The van der Waals surface area contributed by atoms with Gasteiger partial charge in [0.1, 0.15) is 0 Å². The molecule has 8 aromatic carbocycles. The van der Waals surface area contributed by atoms with Crippen LogP contribution in [0.5, 0.6) is 0 Å². The predicted octanol–water partition coefficient (Wildman–Crippen LogP) is 31.8. The van der Waals surface area contributed by atoms with Gasteiger partial charge < -0.3 is 29.9 Å². The van der Waals surface area contributed by atoms with Crippen LogP contribution in [0.1, 0.15) is 206 Å². The molecule has 0 atom stereocenters. The number of rotatable bonds is 10. The summed E-state index contributed by atoms with van der Waals surface area (Å²) in [7, 11) is 0. The summed E-state index contributed by atoms with van der Waals surface area (Å²) in [6.45, 7) is 35.9. The number of nitrogens with zero attached hydrogens (tertiary/aromatic N) is 12. The van der Waals surface area contributed by atoms with Crippen LogP contribution in [-0.4, -0.2) is 29.9 Å². The van der Waals surface area contributed by atoms with Gasteiger partial charge in [0.05, 0.1) is 68.3 Å². The van der Waals surface area contributed by atoms with Gasteiger partial charge >= 0.3 is 58.4 Å². The van der Waals surface area contributed by atoms with E-state index in [0.717, 1.165) is 173 Å². The van der Waals surface area contributed by atoms with Crippen molar-refractivity contribution >= 4 is 139 Å². The van der Waals surface area contributed by atoms with Crippen LogP contribution >= 0.6 is 0 Å². The van der Waals surface area contributed by atoms with E-state index in [9.17, 15) is 0 Å². The van der Waals surface area contributed by atoms with E-state index in [2.05, 4.69) is 463 Å². The molecular weight excluding hydrogens is 1910 g/mol. The Morgan fingerprint density at radius 3 is 0.417 bits per heavy atom. The average Bonchev–Trinajstić information content (AvgIpc) is 1.59. The molecule has 688 valence electrons. The molecule has 15 heteroatoms. The van der Waals surface area contributed by atoms with Gasteiger partial charge in [-0.25, -0.2) is 29.9 Å². The summed E-state index contributed by atoms with van der Waals surface area (Å²) >= 11 is 0. The normalized spacial score (nSPS) is 12.8. The van der Waals surface area contributed by atoms with Gasteiger partial charge in [0.15, 0.2) is 0 Å². The van der Waals surface area contributed by atoms with Crippen LogP contribution in [0.15, 0.2) is 279 Å². The SMILES string of the molecule is Cc1ccc(-c2c3nc(c(-c4c5nc(c(-c6ccc(C(C)(C)C)cc6)c6ccc([n-]6)c(-c6c7nc(c(-c8ccc(C(C)(C)C)cc8)c8ccc([n-]8)c(-c8ccccc8)c8nc(c(-c9ccc(C(C)(C)C)cc9)c9ccc6[n-]9)C=C8)C=C7)c6nc(c(-c7ccc(C(C)(C)C)cc7)c7ccc4[n-]7)C=C6)C=C5)c4ccc([n-]4)c(-c4ccc(C(C)(C)C)cc4)c4nc(c(-c5ccccc5)c5ccc2[n-]5)C=C4)C=C3)cc1.[Zn+2].[Zn+2].[Zn+2]. The molecule has 9 aromatic heterocycles. The quantitative estimate of drug-likeness (QED) is 0.119. The van der Waals surface area contributed by atoms with Crippen molar-refractivity contribution in [3.63, 3.8) is 0 Å². The fourth-order valence-corrected chi connectivity index (χ4v) is 20.3. The maximum Gasteiger partial charge on any atom is 2.00 e. The monoisotopic (exact) mass is 2010 g/mol. The second-order valence-electron chi connectivity index (χ2n) is 42.8. The topological polar surface area (TPSA) is 162 Å². The Hall–Kier alpha value is -14.6. The number of fused-ring (bicyclic) bond motifs is 24. The fourth-order valence-electron chi connectivity index (χ4n) is 20.3. The van der Waals surface area contributed by atoms with Crippen molar-refractivity contribution in [3.8, 4) is 111 Å². The summed E-state index contributed by atoms with van der Waals surface area (Å²) in [5.74, 6) is 0. The van der Waals surface area contributed by atoms with Crippen molar-refractivity contribution in [2.75, 3.05) is 0 Å². The maximum absolute atomic E-state index is 6.07. The third kappa shape index (κ3) is 18.1. The summed E-state index contributed by atoms with van der Waals surface area (Å²) in [6, 6.07) is 100. The average molecular weight is 2020 g/mol. The van der Waals surface area contributed by atoms with E-state index in [1.165, 1.54) is 27.8 Å². The molecule has 6 aliphatic heterocycles. The molecular formula is C129H106N12Zn3. The molecule has 24 bridgehead atoms. The Labute approximate surface area is 879 Å². The van der Waals surface area contributed by atoms with E-state index in [1.807, 2.05) is 0 Å². The van der Waals surface area contributed by atoms with Crippen LogP contribution in [-0.2, 0) is 85.5 Å². The summed E-state index contributed by atoms with van der Waals surface area (Å²) < 4.78 is 0. The van der Waals surface area contributed by atoms with Gasteiger partial charge in [0.25, 0.3) is 0 Å². The zero-order chi connectivity index (χ0) is 96.9. The minimum Gasteiger partial charge on any atom is -0.657 e. The Balaban J connectivity index is 0.00000422. The molecule has 0 spiro atoms. The number of hydrogen-bond donors (Lipinski definition) is 0. The van der Waals surface area contributed by atoms with Crippen molar-refractivity contribution < 1.29 is 58.4 Å². The molecule has 144 heavy (non-hydrogen) atoms. The van der Waals surface area contributed by atoms with Crippen LogP contribution in [0, 0.1) is 6.92 Å². The van der Waals surface area contributed by atoms with E-state index in [-0.39, 0.29) is 85.5 Å². The molecule has 6 aliphatic rings. The molecule has 0 saturated carbocycles. The van der Waals surface area contributed by atoms with E-state index in [1.54, 1.807) is 0 Å². The third-order valence-electron chi connectivity index (χ3n) is 28.0. The maximum atomic E-state index is 6.07. The summed E-state index contributed by atoms with van der Waals surface area (Å²) in [5.41, 5.74) is 41.0. The number of aromatic nitrogens is 12. The molecule has 0 radical (unpaired) electrons. The Morgan fingerprint density at radius 1 is 0.146 bits per heavy atom. The molecule has 12 nitrogen and oxygen atoms in total. The van der Waals surface area contributed by atoms with Crippen molar-refractivity contribution in [1.29, 1.82) is 0 Å². The zero-order valence-electron chi connectivity index (χ0n) is 84.5. The number of hydrogen-bond acceptors (Lipinski definition) is 6. The van der Waals surface area contributed by atoms with Crippen LogP contribution in [0.25, 0.3) is 250 Å². The minimum atomic E-state index is -0.167. The molecule has 0 aliphatic carbocycles. The van der Waals surface area contributed by atoms with Gasteiger partial charge in [-0.05, 0) is 246 Å². The van der Waals surface area contributed by atoms with Gasteiger partial charge in [-0.2, -0.15) is 0 Å². The smallest absolute Gasteiger partial charge is 0.657 e. The second kappa shape index (κ2) is 37.6. The van der Waals surface area contributed by atoms with Gasteiger partial charge in [-0.3, -0.25) is 0 Å². The van der Waals surface area contributed by atoms with E-state index in [0.29, 0.717) is 78.4 Å². The zero-order valence-corrected chi connectivity index (χ0v) is 93.4. The first kappa shape index (κ1) is 96.9. The van der Waals surface area contributed by atoms with E-state index < -0.39 is 0 Å². The van der Waals surface area contributed by atoms with Crippen LogP contribution in [0.3, 0.4) is 0 Å². The van der Waals surface area contributed by atoms with Crippen molar-refractivity contribution in [2.45, 2.75) is 138 Å². The van der Waals surface area contributed by atoms with E-state index in [4.69, 9.17) is 59.8 Å². The summed E-state index contributed by atoms with van der Waals surface area (Å²) in [5, 5.41) is 0. The molecule has 17 aromatic rings. The first-order valence-corrected chi connectivity index (χ1v) is 48.8. The summed E-state index contributed by atoms with van der Waals surface area (Å²) in [4.78, 5) is 70.9. The van der Waals surface area contributed by atoms with Gasteiger partial charge in [0, 0.05) is 0 Å². The van der Waals surface area contributed by atoms with Crippen LogP contribution in [0.4, 0.5) is 0 Å². The van der Waals surface area contributed by atoms with Gasteiger partial charge in [0.2, 0.25) is 0 Å². The van der Waals surface area contributed by atoms with Crippen molar-refractivity contribution in [2.24, 2.45) is 0 Å². The molecule has 15 heterocycles. The summed E-state index contributed by atoms with van der Waals surface area (Å²) in [6.07, 6.45) is 25.7. The second-order valence-corrected chi connectivity index (χ2v) is 42.8. The van der Waals surface area contributed by atoms with Crippen LogP contribution < -0.4 is 29.9 Å². The van der Waals surface area contributed by atoms with Crippen molar-refractivity contribution in [3.05, 3.63) is 381 Å². The Kier molecular flexibility index (Phi) is 25.3. The molecule has 0 unspecified atom stereocenters. The largest absolute Gasteiger partial charge is 2.00 e. The van der Waals surface area contributed by atoms with E-state index >= 15 is 0 Å².